The molecule has 0 fully saturated rings. The van der Waals surface area contributed by atoms with Gasteiger partial charge in [0.2, 0.25) is 5.95 Å². The fraction of sp³-hybridized carbons (Fsp3) is 0.375. The van der Waals surface area contributed by atoms with Crippen molar-refractivity contribution in [2.24, 2.45) is 5.10 Å². The molecule has 3 aromatic rings. The lowest BCUT2D eigenvalue weighted by Gasteiger charge is -2.21. The number of aromatic nitrogens is 4. The van der Waals surface area contributed by atoms with Gasteiger partial charge in [-0.3, -0.25) is 4.98 Å². The second-order valence-electron chi connectivity index (χ2n) is 7.29. The molecule has 0 radical (unpaired) electrons. The van der Waals surface area contributed by atoms with Crippen LogP contribution in [0.25, 0.3) is 0 Å². The first-order valence-electron chi connectivity index (χ1n) is 11.2. The summed E-state index contributed by atoms with van der Waals surface area (Å²) in [6, 6.07) is 13.7. The highest BCUT2D eigenvalue weighted by atomic mass is 16.5. The third-order valence-corrected chi connectivity index (χ3v) is 4.66. The number of hydrogen-bond acceptors (Lipinski definition) is 9. The van der Waals surface area contributed by atoms with E-state index in [9.17, 15) is 0 Å². The van der Waals surface area contributed by atoms with E-state index in [2.05, 4.69) is 49.2 Å². The molecule has 0 aliphatic carbocycles. The van der Waals surface area contributed by atoms with Crippen molar-refractivity contribution in [1.29, 1.82) is 0 Å². The van der Waals surface area contributed by atoms with Gasteiger partial charge in [-0.1, -0.05) is 32.0 Å². The summed E-state index contributed by atoms with van der Waals surface area (Å²) < 4.78 is 11.1. The Labute approximate surface area is 194 Å². The van der Waals surface area contributed by atoms with Crippen LogP contribution in [0, 0.1) is 0 Å². The van der Waals surface area contributed by atoms with Crippen molar-refractivity contribution in [1.82, 2.24) is 19.9 Å². The van der Waals surface area contributed by atoms with Crippen molar-refractivity contribution in [3.05, 3.63) is 59.9 Å². The minimum absolute atomic E-state index is 0.257. The Morgan fingerprint density at radius 2 is 1.88 bits per heavy atom. The summed E-state index contributed by atoms with van der Waals surface area (Å²) in [6.07, 6.45) is 6.08. The summed E-state index contributed by atoms with van der Waals surface area (Å²) in [5, 5.41) is 4.28. The van der Waals surface area contributed by atoms with Gasteiger partial charge in [-0.15, -0.1) is 0 Å². The summed E-state index contributed by atoms with van der Waals surface area (Å²) in [4.78, 5) is 19.9. The molecule has 0 aliphatic heterocycles. The Kier molecular flexibility index (Phi) is 9.38. The Hall–Kier alpha value is -3.75. The summed E-state index contributed by atoms with van der Waals surface area (Å²) in [5.74, 6) is 1.66. The maximum Gasteiger partial charge on any atom is 0.323 e. The predicted octanol–water partition coefficient (Wildman–Crippen LogP) is 3.97. The largest absolute Gasteiger partial charge is 0.497 e. The van der Waals surface area contributed by atoms with E-state index >= 15 is 0 Å². The first-order chi connectivity index (χ1) is 16.2. The van der Waals surface area contributed by atoms with Crippen molar-refractivity contribution in [2.75, 3.05) is 37.1 Å². The second kappa shape index (κ2) is 12.9. The topological polar surface area (TPSA) is 97.7 Å². The van der Waals surface area contributed by atoms with Crippen molar-refractivity contribution in [3.63, 3.8) is 0 Å². The molecular formula is C24H31N7O2. The monoisotopic (exact) mass is 449 g/mol. The van der Waals surface area contributed by atoms with Gasteiger partial charge < -0.3 is 14.4 Å². The number of pyridine rings is 1. The molecule has 0 bridgehead atoms. The van der Waals surface area contributed by atoms with Gasteiger partial charge in [-0.05, 0) is 42.7 Å². The smallest absolute Gasteiger partial charge is 0.323 e. The number of rotatable bonds is 13. The van der Waals surface area contributed by atoms with Gasteiger partial charge in [0.25, 0.3) is 5.95 Å². The first kappa shape index (κ1) is 23.9. The fourth-order valence-corrected chi connectivity index (χ4v) is 3.13. The summed E-state index contributed by atoms with van der Waals surface area (Å²) in [6.45, 7) is 6.36. The maximum absolute atomic E-state index is 5.86. The molecule has 0 atom stereocenters. The van der Waals surface area contributed by atoms with Crippen LogP contribution in [-0.2, 0) is 6.42 Å². The average Bonchev–Trinajstić information content (AvgIpc) is 2.85. The Morgan fingerprint density at radius 3 is 2.61 bits per heavy atom. The third-order valence-electron chi connectivity index (χ3n) is 4.66. The normalized spacial score (nSPS) is 10.9. The van der Waals surface area contributed by atoms with Crippen LogP contribution in [0.2, 0.25) is 0 Å². The van der Waals surface area contributed by atoms with E-state index in [1.165, 1.54) is 0 Å². The Bertz CT molecular complexity index is 1010. The molecule has 0 unspecified atom stereocenters. The molecular weight excluding hydrogens is 418 g/mol. The van der Waals surface area contributed by atoms with Gasteiger partial charge in [-0.25, -0.2) is 5.43 Å². The standard InChI is InChI=1S/C24H31N7O2/c1-4-14-31(15-5-2)23-27-22(30-26-18-19-9-8-11-21(17-19)32-3)28-24(29-23)33-16-12-20-10-6-7-13-25-20/h6-11,13,17-18H,4-5,12,14-16H2,1-3H3,(H,27,28,29,30)/b26-18+. The van der Waals surface area contributed by atoms with Gasteiger partial charge in [-0.2, -0.15) is 20.1 Å². The van der Waals surface area contributed by atoms with Crippen LogP contribution in [0.5, 0.6) is 11.8 Å². The van der Waals surface area contributed by atoms with Crippen molar-refractivity contribution < 1.29 is 9.47 Å². The molecule has 0 aliphatic rings. The zero-order chi connectivity index (χ0) is 23.3. The average molecular weight is 450 g/mol. The highest BCUT2D eigenvalue weighted by Gasteiger charge is 2.13. The van der Waals surface area contributed by atoms with Gasteiger partial charge in [0.1, 0.15) is 5.75 Å². The molecule has 33 heavy (non-hydrogen) atoms. The highest BCUT2D eigenvalue weighted by Crippen LogP contribution is 2.17. The van der Waals surface area contributed by atoms with E-state index in [1.807, 2.05) is 42.5 Å². The van der Waals surface area contributed by atoms with Crippen molar-refractivity contribution in [2.45, 2.75) is 33.1 Å². The van der Waals surface area contributed by atoms with Crippen LogP contribution in [0.1, 0.15) is 37.9 Å². The molecule has 0 saturated heterocycles. The van der Waals surface area contributed by atoms with Crippen LogP contribution in [0.15, 0.2) is 53.8 Å². The van der Waals surface area contributed by atoms with Gasteiger partial charge in [0.05, 0.1) is 19.9 Å². The quantitative estimate of drug-likeness (QED) is 0.309. The minimum Gasteiger partial charge on any atom is -0.497 e. The minimum atomic E-state index is 0.257. The van der Waals surface area contributed by atoms with Gasteiger partial charge in [0, 0.05) is 31.4 Å². The highest BCUT2D eigenvalue weighted by molar-refractivity contribution is 5.80. The van der Waals surface area contributed by atoms with E-state index in [4.69, 9.17) is 9.47 Å². The van der Waals surface area contributed by atoms with Crippen LogP contribution in [0.4, 0.5) is 11.9 Å². The van der Waals surface area contributed by atoms with E-state index in [0.29, 0.717) is 24.9 Å². The summed E-state index contributed by atoms with van der Waals surface area (Å²) in [7, 11) is 1.63. The molecule has 2 aromatic heterocycles. The zero-order valence-corrected chi connectivity index (χ0v) is 19.4. The van der Waals surface area contributed by atoms with Crippen LogP contribution < -0.4 is 19.8 Å². The number of anilines is 2. The summed E-state index contributed by atoms with van der Waals surface area (Å²) in [5.41, 5.74) is 4.75. The first-order valence-corrected chi connectivity index (χ1v) is 11.2. The number of benzene rings is 1. The molecule has 0 amide bonds. The predicted molar refractivity (Wildman–Crippen MR) is 130 cm³/mol. The molecule has 9 heteroatoms. The van der Waals surface area contributed by atoms with Crippen molar-refractivity contribution >= 4 is 18.1 Å². The summed E-state index contributed by atoms with van der Waals surface area (Å²) >= 11 is 0. The lowest BCUT2D eigenvalue weighted by molar-refractivity contribution is 0.294. The van der Waals surface area contributed by atoms with E-state index in [0.717, 1.165) is 42.9 Å². The Morgan fingerprint density at radius 1 is 1.03 bits per heavy atom. The number of nitrogens with zero attached hydrogens (tertiary/aromatic N) is 6. The number of hydrazone groups is 1. The van der Waals surface area contributed by atoms with Crippen LogP contribution in [0.3, 0.4) is 0 Å². The fourth-order valence-electron chi connectivity index (χ4n) is 3.13. The molecule has 1 aromatic carbocycles. The molecule has 0 saturated carbocycles. The van der Waals surface area contributed by atoms with Gasteiger partial charge >= 0.3 is 6.01 Å². The van der Waals surface area contributed by atoms with E-state index in [-0.39, 0.29) is 6.01 Å². The third kappa shape index (κ3) is 7.71. The number of hydrogen-bond donors (Lipinski definition) is 1. The number of methoxy groups -OCH3 is 1. The van der Waals surface area contributed by atoms with Gasteiger partial charge in [0.15, 0.2) is 0 Å². The van der Waals surface area contributed by atoms with Crippen LogP contribution in [-0.4, -0.2) is 53.0 Å². The maximum atomic E-state index is 5.86. The van der Waals surface area contributed by atoms with E-state index < -0.39 is 0 Å². The SMILES string of the molecule is CCCN(CCC)c1nc(N/N=C/c2cccc(OC)c2)nc(OCCc2ccccn2)n1. The molecule has 174 valence electrons. The second-order valence-corrected chi connectivity index (χ2v) is 7.29. The lowest BCUT2D eigenvalue weighted by atomic mass is 10.2. The van der Waals surface area contributed by atoms with Crippen LogP contribution >= 0.6 is 0 Å². The number of ether oxygens (including phenoxy) is 2. The molecule has 1 N–H and O–H groups in total. The zero-order valence-electron chi connectivity index (χ0n) is 19.4. The van der Waals surface area contributed by atoms with Crippen molar-refractivity contribution in [3.8, 4) is 11.8 Å². The molecule has 0 spiro atoms. The van der Waals surface area contributed by atoms with E-state index in [1.54, 1.807) is 19.5 Å². The molecule has 2 heterocycles. The molecule has 9 nitrogen and oxygen atoms in total. The lowest BCUT2D eigenvalue weighted by Crippen LogP contribution is -2.27. The number of nitrogens with one attached hydrogen (secondary N) is 1. The molecule has 3 rings (SSSR count). The Balaban J connectivity index is 1.75.